The molecule has 0 atom stereocenters. The van der Waals surface area contributed by atoms with E-state index >= 15 is 0 Å². The highest BCUT2D eigenvalue weighted by Gasteiger charge is 2.12. The third-order valence-corrected chi connectivity index (χ3v) is 4.69. The van der Waals surface area contributed by atoms with Crippen LogP contribution in [0.25, 0.3) is 0 Å². The summed E-state index contributed by atoms with van der Waals surface area (Å²) >= 11 is 13.4. The quantitative estimate of drug-likeness (QED) is 0.551. The molecular weight excluding hydrogens is 369 g/mol. The van der Waals surface area contributed by atoms with E-state index in [0.717, 1.165) is 10.4 Å². The molecule has 1 aromatic carbocycles. The molecule has 8 heteroatoms. The lowest BCUT2D eigenvalue weighted by Gasteiger charge is -2.02. The molecule has 0 fully saturated rings. The molecule has 0 radical (unpaired) electrons. The van der Waals surface area contributed by atoms with Crippen molar-refractivity contribution in [3.63, 3.8) is 0 Å². The molecule has 0 saturated carbocycles. The van der Waals surface area contributed by atoms with Crippen molar-refractivity contribution >= 4 is 45.6 Å². The van der Waals surface area contributed by atoms with E-state index in [1.807, 2.05) is 6.07 Å². The van der Waals surface area contributed by atoms with E-state index < -0.39 is 0 Å². The molecular formula is C16H11Cl2N3O2S. The summed E-state index contributed by atoms with van der Waals surface area (Å²) in [6.07, 6.45) is 4.80. The fraction of sp³-hybridized carbons (Fsp3) is 0.0625. The molecule has 122 valence electrons. The Morgan fingerprint density at radius 2 is 2.17 bits per heavy atom. The first kappa shape index (κ1) is 16.7. The lowest BCUT2D eigenvalue weighted by molar-refractivity contribution is -0.605. The highest BCUT2D eigenvalue weighted by molar-refractivity contribution is 7.15. The molecule has 0 bridgehead atoms. The SMILES string of the molecule is O=C(Nc1ncc(Cc2ccc(Cl)cc2Cl)s1)c1ccc[n+]([O-])c1. The molecule has 1 amide bonds. The van der Waals surface area contributed by atoms with Crippen molar-refractivity contribution in [2.24, 2.45) is 0 Å². The first-order valence-corrected chi connectivity index (χ1v) is 8.47. The average molecular weight is 380 g/mol. The maximum absolute atomic E-state index is 12.1. The van der Waals surface area contributed by atoms with E-state index in [2.05, 4.69) is 10.3 Å². The highest BCUT2D eigenvalue weighted by atomic mass is 35.5. The first-order chi connectivity index (χ1) is 11.5. The van der Waals surface area contributed by atoms with Gasteiger partial charge in [-0.15, -0.1) is 11.3 Å². The standard InChI is InChI=1S/C16H11Cl2N3O2S/c17-12-4-3-10(14(18)7-12)6-13-8-19-16(24-13)20-15(22)11-2-1-5-21(23)9-11/h1-5,7-9H,6H2,(H,19,20,22). The summed E-state index contributed by atoms with van der Waals surface area (Å²) in [7, 11) is 0. The molecule has 1 N–H and O–H groups in total. The summed E-state index contributed by atoms with van der Waals surface area (Å²) in [5, 5.41) is 15.5. The Labute approximate surface area is 152 Å². The molecule has 0 saturated heterocycles. The Bertz CT molecular complexity index is 899. The number of hydrogen-bond acceptors (Lipinski definition) is 4. The number of benzene rings is 1. The van der Waals surface area contributed by atoms with Gasteiger partial charge in [0.05, 0.1) is 0 Å². The van der Waals surface area contributed by atoms with Crippen molar-refractivity contribution in [3.05, 3.63) is 80.2 Å². The number of aromatic nitrogens is 2. The predicted molar refractivity (Wildman–Crippen MR) is 94.7 cm³/mol. The Morgan fingerprint density at radius 1 is 1.33 bits per heavy atom. The molecule has 0 unspecified atom stereocenters. The molecule has 2 heterocycles. The van der Waals surface area contributed by atoms with Gasteiger partial charge in [-0.1, -0.05) is 29.3 Å². The Hall–Kier alpha value is -2.15. The van der Waals surface area contributed by atoms with E-state index in [9.17, 15) is 10.0 Å². The number of pyridine rings is 1. The van der Waals surface area contributed by atoms with Crippen molar-refractivity contribution in [3.8, 4) is 0 Å². The lowest BCUT2D eigenvalue weighted by atomic mass is 10.1. The second-order valence-electron chi connectivity index (χ2n) is 4.95. The molecule has 0 aliphatic carbocycles. The molecule has 3 aromatic rings. The van der Waals surface area contributed by atoms with Crippen molar-refractivity contribution in [1.29, 1.82) is 0 Å². The fourth-order valence-electron chi connectivity index (χ4n) is 2.06. The van der Waals surface area contributed by atoms with Crippen LogP contribution in [0, 0.1) is 5.21 Å². The monoisotopic (exact) mass is 379 g/mol. The minimum Gasteiger partial charge on any atom is -0.619 e. The summed E-state index contributed by atoms with van der Waals surface area (Å²) in [6, 6.07) is 8.40. The Kier molecular flexibility index (Phi) is 4.99. The van der Waals surface area contributed by atoms with Crippen LogP contribution in [-0.2, 0) is 6.42 Å². The van der Waals surface area contributed by atoms with Crippen LogP contribution >= 0.6 is 34.5 Å². The Morgan fingerprint density at radius 3 is 2.92 bits per heavy atom. The van der Waals surface area contributed by atoms with Crippen molar-refractivity contribution < 1.29 is 9.52 Å². The molecule has 2 aromatic heterocycles. The minimum atomic E-state index is -0.384. The number of nitrogens with one attached hydrogen (secondary N) is 1. The van der Waals surface area contributed by atoms with Crippen LogP contribution in [0.4, 0.5) is 5.13 Å². The van der Waals surface area contributed by atoms with Crippen molar-refractivity contribution in [2.45, 2.75) is 6.42 Å². The van der Waals surface area contributed by atoms with E-state index in [0.29, 0.717) is 26.3 Å². The van der Waals surface area contributed by atoms with Gasteiger partial charge in [-0.2, -0.15) is 4.73 Å². The highest BCUT2D eigenvalue weighted by Crippen LogP contribution is 2.27. The zero-order chi connectivity index (χ0) is 17.1. The zero-order valence-electron chi connectivity index (χ0n) is 12.2. The van der Waals surface area contributed by atoms with Gasteiger partial charge < -0.3 is 5.21 Å². The van der Waals surface area contributed by atoms with Gasteiger partial charge in [0.2, 0.25) is 0 Å². The summed E-state index contributed by atoms with van der Waals surface area (Å²) < 4.78 is 0.574. The minimum absolute atomic E-state index is 0.269. The molecule has 0 aliphatic heterocycles. The van der Waals surface area contributed by atoms with Crippen molar-refractivity contribution in [1.82, 2.24) is 4.98 Å². The van der Waals surface area contributed by atoms with E-state index in [4.69, 9.17) is 23.2 Å². The molecule has 5 nitrogen and oxygen atoms in total. The van der Waals surface area contributed by atoms with Gasteiger partial charge in [-0.25, -0.2) is 4.98 Å². The van der Waals surface area contributed by atoms with Gasteiger partial charge in [0, 0.05) is 33.6 Å². The smallest absolute Gasteiger partial charge is 0.263 e. The topological polar surface area (TPSA) is 68.9 Å². The number of hydrogen-bond donors (Lipinski definition) is 1. The van der Waals surface area contributed by atoms with E-state index in [-0.39, 0.29) is 11.5 Å². The van der Waals surface area contributed by atoms with Gasteiger partial charge in [0.25, 0.3) is 5.91 Å². The van der Waals surface area contributed by atoms with Crippen LogP contribution in [-0.4, -0.2) is 10.9 Å². The van der Waals surface area contributed by atoms with Gasteiger partial charge >= 0.3 is 0 Å². The molecule has 0 spiro atoms. The number of halogens is 2. The largest absolute Gasteiger partial charge is 0.619 e. The summed E-state index contributed by atoms with van der Waals surface area (Å²) in [5.41, 5.74) is 1.20. The molecule has 3 rings (SSSR count). The average Bonchev–Trinajstić information content (AvgIpc) is 2.97. The molecule has 24 heavy (non-hydrogen) atoms. The predicted octanol–water partition coefficient (Wildman–Crippen LogP) is 3.93. The van der Waals surface area contributed by atoms with Crippen molar-refractivity contribution in [2.75, 3.05) is 5.32 Å². The van der Waals surface area contributed by atoms with Gasteiger partial charge in [0.15, 0.2) is 17.5 Å². The number of amides is 1. The second-order valence-corrected chi connectivity index (χ2v) is 6.91. The van der Waals surface area contributed by atoms with Crippen LogP contribution in [0.3, 0.4) is 0 Å². The van der Waals surface area contributed by atoms with Gasteiger partial charge in [-0.3, -0.25) is 10.1 Å². The maximum atomic E-state index is 12.1. The third-order valence-electron chi connectivity index (χ3n) is 3.19. The normalized spacial score (nSPS) is 10.6. The van der Waals surface area contributed by atoms with Crippen LogP contribution in [0.5, 0.6) is 0 Å². The van der Waals surface area contributed by atoms with Gasteiger partial charge in [-0.05, 0) is 23.8 Å². The summed E-state index contributed by atoms with van der Waals surface area (Å²) in [4.78, 5) is 17.2. The number of anilines is 1. The van der Waals surface area contributed by atoms with E-state index in [1.165, 1.54) is 29.8 Å². The van der Waals surface area contributed by atoms with Crippen LogP contribution in [0.2, 0.25) is 10.0 Å². The second kappa shape index (κ2) is 7.17. The lowest BCUT2D eigenvalue weighted by Crippen LogP contribution is -2.27. The number of nitrogens with zero attached hydrogens (tertiary/aromatic N) is 2. The number of thiazole rings is 1. The Balaban J connectivity index is 1.70. The number of rotatable bonds is 4. The van der Waals surface area contributed by atoms with Crippen LogP contribution in [0.1, 0.15) is 20.8 Å². The maximum Gasteiger partial charge on any atom is 0.263 e. The van der Waals surface area contributed by atoms with Crippen LogP contribution in [0.15, 0.2) is 48.9 Å². The summed E-state index contributed by atoms with van der Waals surface area (Å²) in [5.74, 6) is -0.384. The van der Waals surface area contributed by atoms with Gasteiger partial charge in [0.1, 0.15) is 5.56 Å². The fourth-order valence-corrected chi connectivity index (χ4v) is 3.36. The third kappa shape index (κ3) is 4.03. The number of carbonyl (C=O) groups is 1. The summed E-state index contributed by atoms with van der Waals surface area (Å²) in [6.45, 7) is 0. The zero-order valence-corrected chi connectivity index (χ0v) is 14.5. The first-order valence-electron chi connectivity index (χ1n) is 6.90. The number of carbonyl (C=O) groups excluding carboxylic acids is 1. The van der Waals surface area contributed by atoms with Crippen LogP contribution < -0.4 is 10.0 Å². The van der Waals surface area contributed by atoms with E-state index in [1.54, 1.807) is 24.4 Å². The molecule has 0 aliphatic rings.